The summed E-state index contributed by atoms with van der Waals surface area (Å²) in [5, 5.41) is 10.1. The minimum atomic E-state index is -0.0960. The Morgan fingerprint density at radius 2 is 1.68 bits per heavy atom. The lowest BCUT2D eigenvalue weighted by Crippen LogP contribution is -2.39. The van der Waals surface area contributed by atoms with Crippen LogP contribution >= 0.6 is 0 Å². The van der Waals surface area contributed by atoms with Crippen LogP contribution < -0.4 is 4.90 Å². The fourth-order valence-electron chi connectivity index (χ4n) is 6.62. The molecule has 0 bridgehead atoms. The topological polar surface area (TPSA) is 41.9 Å². The Hall–Kier alpha value is -2.30. The van der Waals surface area contributed by atoms with Gasteiger partial charge in [-0.15, -0.1) is 0 Å². The fraction of sp³-hybridized carbons (Fsp3) is 0.533. The van der Waals surface area contributed by atoms with E-state index in [2.05, 4.69) is 41.3 Å². The van der Waals surface area contributed by atoms with Crippen molar-refractivity contribution >= 4 is 5.69 Å². The molecule has 2 atom stereocenters. The maximum atomic E-state index is 10.1. The summed E-state index contributed by atoms with van der Waals surface area (Å²) < 4.78 is 11.0. The van der Waals surface area contributed by atoms with Gasteiger partial charge in [-0.2, -0.15) is 0 Å². The number of ether oxygens (including phenoxy) is 2. The molecule has 0 spiro atoms. The molecule has 1 aliphatic heterocycles. The predicted octanol–water partition coefficient (Wildman–Crippen LogP) is 6.42. The van der Waals surface area contributed by atoms with Crippen LogP contribution in [0.2, 0.25) is 0 Å². The van der Waals surface area contributed by atoms with E-state index in [9.17, 15) is 5.11 Å². The first-order valence-electron chi connectivity index (χ1n) is 13.1. The lowest BCUT2D eigenvalue weighted by atomic mass is 9.67. The van der Waals surface area contributed by atoms with Crippen molar-refractivity contribution in [3.63, 3.8) is 0 Å². The number of nitrogens with zero attached hydrogens (tertiary/aromatic N) is 1. The van der Waals surface area contributed by atoms with Crippen molar-refractivity contribution in [2.24, 2.45) is 11.8 Å². The van der Waals surface area contributed by atoms with Crippen LogP contribution in [0.5, 0.6) is 5.75 Å². The first kappa shape index (κ1) is 23.4. The summed E-state index contributed by atoms with van der Waals surface area (Å²) >= 11 is 0. The summed E-state index contributed by atoms with van der Waals surface area (Å²) in [5.41, 5.74) is 7.09. The number of benzene rings is 2. The quantitative estimate of drug-likeness (QED) is 0.398. The molecule has 2 unspecified atom stereocenters. The predicted molar refractivity (Wildman–Crippen MR) is 137 cm³/mol. The van der Waals surface area contributed by atoms with E-state index < -0.39 is 0 Å². The van der Waals surface area contributed by atoms with Gasteiger partial charge in [-0.3, -0.25) is 0 Å². The number of anilines is 1. The molecule has 34 heavy (non-hydrogen) atoms. The van der Waals surface area contributed by atoms with Gasteiger partial charge in [0.25, 0.3) is 0 Å². The van der Waals surface area contributed by atoms with Crippen molar-refractivity contribution in [1.82, 2.24) is 0 Å². The third-order valence-electron chi connectivity index (χ3n) is 8.40. The highest BCUT2D eigenvalue weighted by atomic mass is 16.7. The van der Waals surface area contributed by atoms with Crippen molar-refractivity contribution in [3.05, 3.63) is 70.8 Å². The minimum absolute atomic E-state index is 0.0960. The van der Waals surface area contributed by atoms with E-state index in [1.165, 1.54) is 54.5 Å². The summed E-state index contributed by atoms with van der Waals surface area (Å²) in [6, 6.07) is 15.4. The molecule has 1 N–H and O–H groups in total. The van der Waals surface area contributed by atoms with E-state index >= 15 is 0 Å². The molecule has 1 fully saturated rings. The summed E-state index contributed by atoms with van der Waals surface area (Å²) in [6.07, 6.45) is 11.9. The smallest absolute Gasteiger partial charge is 0.159 e. The number of phenolic OH excluding ortho intramolecular Hbond substituents is 1. The molecule has 1 saturated heterocycles. The maximum absolute atomic E-state index is 10.1. The van der Waals surface area contributed by atoms with Gasteiger partial charge in [0.15, 0.2) is 6.29 Å². The highest BCUT2D eigenvalue weighted by molar-refractivity contribution is 5.52. The number of hydrogen-bond acceptors (Lipinski definition) is 4. The average Bonchev–Trinajstić information content (AvgIpc) is 2.90. The zero-order valence-corrected chi connectivity index (χ0v) is 20.7. The summed E-state index contributed by atoms with van der Waals surface area (Å²) in [7, 11) is 3.47. The first-order valence-corrected chi connectivity index (χ1v) is 13.1. The van der Waals surface area contributed by atoms with Gasteiger partial charge in [0.05, 0.1) is 0 Å². The number of aromatic hydroxyl groups is 1. The number of phenols is 1. The van der Waals surface area contributed by atoms with Crippen LogP contribution in [0.4, 0.5) is 5.69 Å². The Labute approximate surface area is 204 Å². The molecular formula is C30H39NO3. The Bertz CT molecular complexity index is 987. The van der Waals surface area contributed by atoms with Crippen LogP contribution in [-0.4, -0.2) is 38.7 Å². The van der Waals surface area contributed by atoms with Crippen molar-refractivity contribution < 1.29 is 14.6 Å². The highest BCUT2D eigenvalue weighted by Crippen LogP contribution is 2.47. The van der Waals surface area contributed by atoms with E-state index in [0.717, 1.165) is 32.4 Å². The van der Waals surface area contributed by atoms with E-state index in [-0.39, 0.29) is 6.29 Å². The number of rotatable bonds is 6. The Kier molecular flexibility index (Phi) is 7.26. The van der Waals surface area contributed by atoms with E-state index in [4.69, 9.17) is 9.47 Å². The Morgan fingerprint density at radius 1 is 0.912 bits per heavy atom. The van der Waals surface area contributed by atoms with Gasteiger partial charge >= 0.3 is 0 Å². The van der Waals surface area contributed by atoms with Crippen molar-refractivity contribution in [3.8, 4) is 5.75 Å². The monoisotopic (exact) mass is 461 g/mol. The molecule has 0 amide bonds. The molecule has 4 heteroatoms. The third-order valence-corrected chi connectivity index (χ3v) is 8.40. The summed E-state index contributed by atoms with van der Waals surface area (Å²) in [4.78, 5) is 2.50. The third kappa shape index (κ3) is 4.76. The van der Waals surface area contributed by atoms with Gasteiger partial charge in [0, 0.05) is 44.8 Å². The fourth-order valence-corrected chi connectivity index (χ4v) is 6.62. The van der Waals surface area contributed by atoms with Crippen LogP contribution in [0, 0.1) is 11.8 Å². The van der Waals surface area contributed by atoms with Gasteiger partial charge in [-0.25, -0.2) is 0 Å². The van der Waals surface area contributed by atoms with Gasteiger partial charge < -0.3 is 19.5 Å². The number of fused-ring (bicyclic) bond motifs is 1. The highest BCUT2D eigenvalue weighted by Gasteiger charge is 2.34. The zero-order chi connectivity index (χ0) is 23.5. The maximum Gasteiger partial charge on any atom is 0.159 e. The second kappa shape index (κ2) is 10.5. The van der Waals surface area contributed by atoms with Gasteiger partial charge in [-0.1, -0.05) is 29.8 Å². The van der Waals surface area contributed by atoms with Crippen LogP contribution in [0.15, 0.2) is 54.1 Å². The Balaban J connectivity index is 1.38. The molecule has 1 heterocycles. The number of methoxy groups -OCH3 is 2. The average molecular weight is 462 g/mol. The number of hydrogen-bond donors (Lipinski definition) is 1. The molecule has 0 radical (unpaired) electrons. The summed E-state index contributed by atoms with van der Waals surface area (Å²) in [5.74, 6) is 1.79. The molecule has 2 aromatic carbocycles. The van der Waals surface area contributed by atoms with Gasteiger partial charge in [0.1, 0.15) is 5.75 Å². The SMILES string of the molecule is COC(OC)C1CCN(c2ccc(C3c4ccc(O)cc4CCC3C3=CCCCC3)cc2)CC1. The summed E-state index contributed by atoms with van der Waals surface area (Å²) in [6.45, 7) is 2.07. The van der Waals surface area contributed by atoms with Crippen LogP contribution in [0.3, 0.4) is 0 Å². The normalized spacial score (nSPS) is 23.6. The second-order valence-corrected chi connectivity index (χ2v) is 10.3. The van der Waals surface area contributed by atoms with E-state index in [1.54, 1.807) is 19.8 Å². The largest absolute Gasteiger partial charge is 0.508 e. The zero-order valence-electron chi connectivity index (χ0n) is 20.7. The molecular weight excluding hydrogens is 422 g/mol. The molecule has 0 aromatic heterocycles. The lowest BCUT2D eigenvalue weighted by molar-refractivity contribution is -0.141. The Morgan fingerprint density at radius 3 is 2.35 bits per heavy atom. The molecule has 5 rings (SSSR count). The minimum Gasteiger partial charge on any atom is -0.508 e. The molecule has 182 valence electrons. The van der Waals surface area contributed by atoms with Crippen molar-refractivity contribution in [1.29, 1.82) is 0 Å². The van der Waals surface area contributed by atoms with Crippen LogP contribution in [-0.2, 0) is 15.9 Å². The molecule has 2 aromatic rings. The standard InChI is InChI=1S/C30H39NO3/c1-33-30(34-2)23-16-18-31(19-17-23)25-11-8-22(9-12-25)29-27(21-6-4-3-5-7-21)14-10-24-20-26(32)13-15-28(24)29/h6,8-9,11-13,15,20,23,27,29-30,32H,3-5,7,10,14,16-19H2,1-2H3. The van der Waals surface area contributed by atoms with Crippen molar-refractivity contribution in [2.75, 3.05) is 32.2 Å². The number of piperidine rings is 1. The van der Waals surface area contributed by atoms with Crippen LogP contribution in [0.1, 0.15) is 67.6 Å². The van der Waals surface area contributed by atoms with Crippen molar-refractivity contribution in [2.45, 2.75) is 63.6 Å². The number of aryl methyl sites for hydroxylation is 1. The van der Waals surface area contributed by atoms with Gasteiger partial charge in [-0.05, 0) is 98.2 Å². The van der Waals surface area contributed by atoms with Gasteiger partial charge in [0.2, 0.25) is 0 Å². The molecule has 0 saturated carbocycles. The van der Waals surface area contributed by atoms with Crippen LogP contribution in [0.25, 0.3) is 0 Å². The molecule has 4 nitrogen and oxygen atoms in total. The lowest BCUT2D eigenvalue weighted by Gasteiger charge is -2.38. The molecule has 3 aliphatic rings. The first-order chi connectivity index (χ1) is 16.7. The number of allylic oxidation sites excluding steroid dienone is 2. The second-order valence-electron chi connectivity index (χ2n) is 10.3. The van der Waals surface area contributed by atoms with E-state index in [0.29, 0.717) is 23.5 Å². The van der Waals surface area contributed by atoms with E-state index in [1.807, 2.05) is 12.1 Å². The molecule has 2 aliphatic carbocycles.